The molecule has 0 radical (unpaired) electrons. The molecule has 5 heteroatoms. The summed E-state index contributed by atoms with van der Waals surface area (Å²) in [6.45, 7) is 0. The third-order valence-corrected chi connectivity index (χ3v) is 1.87. The quantitative estimate of drug-likeness (QED) is 0.790. The van der Waals surface area contributed by atoms with E-state index in [0.29, 0.717) is 5.69 Å². The van der Waals surface area contributed by atoms with E-state index in [1.807, 2.05) is 0 Å². The van der Waals surface area contributed by atoms with Crippen LogP contribution in [0.3, 0.4) is 0 Å². The second-order valence-electron chi connectivity index (χ2n) is 2.86. The number of carbonyl (C=O) groups is 1. The number of rotatable bonds is 2. The van der Waals surface area contributed by atoms with Crippen LogP contribution in [-0.2, 0) is 0 Å². The molecule has 0 saturated heterocycles. The molecular weight excluding hydrogens is 194 g/mol. The number of aromatic nitrogens is 3. The summed E-state index contributed by atoms with van der Waals surface area (Å²) in [6, 6.07) is 3.12. The van der Waals surface area contributed by atoms with Gasteiger partial charge in [0.25, 0.3) is 0 Å². The molecule has 0 fully saturated rings. The third-order valence-electron chi connectivity index (χ3n) is 1.87. The van der Waals surface area contributed by atoms with Crippen LogP contribution in [0.1, 0.15) is 10.4 Å². The van der Waals surface area contributed by atoms with Crippen LogP contribution < -0.4 is 0 Å². The number of pyridine rings is 1. The van der Waals surface area contributed by atoms with Gasteiger partial charge in [-0.15, -0.1) is 0 Å². The Labute approximate surface area is 85.5 Å². The maximum atomic E-state index is 10.6. The van der Waals surface area contributed by atoms with Gasteiger partial charge in [-0.2, -0.15) is 0 Å². The molecule has 0 saturated carbocycles. The van der Waals surface area contributed by atoms with Gasteiger partial charge in [-0.1, -0.05) is 0 Å². The Balaban J connectivity index is 2.36. The first-order chi connectivity index (χ1) is 7.27. The molecule has 1 N–H and O–H groups in total. The minimum absolute atomic E-state index is 0.163. The van der Waals surface area contributed by atoms with Crippen molar-refractivity contribution in [2.24, 2.45) is 0 Å². The van der Waals surface area contributed by atoms with E-state index in [2.05, 4.69) is 15.0 Å². The van der Waals surface area contributed by atoms with Crippen molar-refractivity contribution in [2.75, 3.05) is 0 Å². The molecule has 0 aromatic carbocycles. The number of hydrogen-bond acceptors (Lipinski definition) is 4. The molecule has 2 aromatic rings. The molecule has 0 aliphatic rings. The predicted octanol–water partition coefficient (Wildman–Crippen LogP) is 1.24. The number of carboxylic acids is 1. The van der Waals surface area contributed by atoms with E-state index in [0.717, 1.165) is 5.56 Å². The molecule has 0 amide bonds. The Hall–Kier alpha value is -2.30. The Morgan fingerprint density at radius 2 is 1.87 bits per heavy atom. The van der Waals surface area contributed by atoms with Gasteiger partial charge < -0.3 is 5.11 Å². The molecule has 0 spiro atoms. The smallest absolute Gasteiger partial charge is 0.337 e. The molecule has 2 rings (SSSR count). The molecule has 15 heavy (non-hydrogen) atoms. The Morgan fingerprint density at radius 3 is 2.40 bits per heavy atom. The van der Waals surface area contributed by atoms with Gasteiger partial charge >= 0.3 is 5.97 Å². The van der Waals surface area contributed by atoms with Gasteiger partial charge in [0.05, 0.1) is 11.3 Å². The van der Waals surface area contributed by atoms with E-state index < -0.39 is 5.97 Å². The van der Waals surface area contributed by atoms with E-state index in [9.17, 15) is 4.79 Å². The van der Waals surface area contributed by atoms with Gasteiger partial charge in [0.15, 0.2) is 0 Å². The monoisotopic (exact) mass is 201 g/mol. The average molecular weight is 201 g/mol. The van der Waals surface area contributed by atoms with Crippen molar-refractivity contribution in [1.82, 2.24) is 15.0 Å². The zero-order chi connectivity index (χ0) is 10.7. The van der Waals surface area contributed by atoms with Crippen molar-refractivity contribution in [2.45, 2.75) is 0 Å². The molecule has 0 aliphatic heterocycles. The van der Waals surface area contributed by atoms with Crippen LogP contribution in [-0.4, -0.2) is 26.0 Å². The molecule has 5 nitrogen and oxygen atoms in total. The highest BCUT2D eigenvalue weighted by Crippen LogP contribution is 2.13. The van der Waals surface area contributed by atoms with E-state index in [4.69, 9.17) is 5.11 Å². The Morgan fingerprint density at radius 1 is 1.13 bits per heavy atom. The zero-order valence-electron chi connectivity index (χ0n) is 7.66. The highest BCUT2D eigenvalue weighted by molar-refractivity contribution is 5.87. The molecular formula is C10H7N3O2. The van der Waals surface area contributed by atoms with Crippen molar-refractivity contribution < 1.29 is 9.90 Å². The van der Waals surface area contributed by atoms with Gasteiger partial charge in [-0.3, -0.25) is 4.98 Å². The molecule has 74 valence electrons. The normalized spacial score (nSPS) is 9.87. The fourth-order valence-corrected chi connectivity index (χ4v) is 1.12. The van der Waals surface area contributed by atoms with E-state index in [-0.39, 0.29) is 5.56 Å². The third kappa shape index (κ3) is 1.96. The summed E-state index contributed by atoms with van der Waals surface area (Å²) < 4.78 is 0. The highest BCUT2D eigenvalue weighted by atomic mass is 16.4. The van der Waals surface area contributed by atoms with Crippen LogP contribution in [0.15, 0.2) is 37.1 Å². The van der Waals surface area contributed by atoms with E-state index >= 15 is 0 Å². The summed E-state index contributed by atoms with van der Waals surface area (Å²) in [7, 11) is 0. The minimum atomic E-state index is -0.988. The largest absolute Gasteiger partial charge is 0.478 e. The number of hydrogen-bond donors (Lipinski definition) is 1. The van der Waals surface area contributed by atoms with Gasteiger partial charge in [-0.05, 0) is 12.1 Å². The summed E-state index contributed by atoms with van der Waals surface area (Å²) in [6.07, 6.45) is 5.98. The van der Waals surface area contributed by atoms with E-state index in [1.54, 1.807) is 18.5 Å². The predicted molar refractivity (Wildman–Crippen MR) is 52.2 cm³/mol. The lowest BCUT2D eigenvalue weighted by Crippen LogP contribution is -1.97. The molecule has 2 aromatic heterocycles. The Bertz CT molecular complexity index is 468. The summed E-state index contributed by atoms with van der Waals surface area (Å²) in [5.41, 5.74) is 1.57. The van der Waals surface area contributed by atoms with Gasteiger partial charge in [0.1, 0.15) is 6.33 Å². The molecule has 0 aliphatic carbocycles. The van der Waals surface area contributed by atoms with Crippen LogP contribution in [0.25, 0.3) is 11.3 Å². The molecule has 2 heterocycles. The van der Waals surface area contributed by atoms with Crippen LogP contribution in [0.4, 0.5) is 0 Å². The molecule has 0 bridgehead atoms. The second-order valence-corrected chi connectivity index (χ2v) is 2.86. The fraction of sp³-hybridized carbons (Fsp3) is 0. The summed E-state index contributed by atoms with van der Waals surface area (Å²) in [5, 5.41) is 8.68. The second kappa shape index (κ2) is 3.83. The first-order valence-electron chi connectivity index (χ1n) is 4.22. The standard InChI is InChI=1S/C10H7N3O2/c14-10(15)7-1-2-9(13-5-7)8-3-11-6-12-4-8/h1-6H,(H,14,15). The number of carboxylic acid groups (broad SMARTS) is 1. The average Bonchev–Trinajstić information content (AvgIpc) is 2.30. The van der Waals surface area contributed by atoms with Crippen molar-refractivity contribution in [3.05, 3.63) is 42.6 Å². The summed E-state index contributed by atoms with van der Waals surface area (Å²) >= 11 is 0. The van der Waals surface area contributed by atoms with Gasteiger partial charge in [-0.25, -0.2) is 14.8 Å². The SMILES string of the molecule is O=C(O)c1ccc(-c2cncnc2)nc1. The van der Waals surface area contributed by atoms with E-state index in [1.165, 1.54) is 18.6 Å². The van der Waals surface area contributed by atoms with Crippen LogP contribution in [0, 0.1) is 0 Å². The van der Waals surface area contributed by atoms with Crippen molar-refractivity contribution in [1.29, 1.82) is 0 Å². The van der Waals surface area contributed by atoms with Crippen molar-refractivity contribution in [3.8, 4) is 11.3 Å². The lowest BCUT2D eigenvalue weighted by atomic mass is 10.2. The first kappa shape index (κ1) is 9.26. The maximum Gasteiger partial charge on any atom is 0.337 e. The van der Waals surface area contributed by atoms with Crippen LogP contribution in [0.5, 0.6) is 0 Å². The van der Waals surface area contributed by atoms with Gasteiger partial charge in [0.2, 0.25) is 0 Å². The fourth-order valence-electron chi connectivity index (χ4n) is 1.12. The topological polar surface area (TPSA) is 76.0 Å². The lowest BCUT2D eigenvalue weighted by molar-refractivity contribution is 0.0696. The van der Waals surface area contributed by atoms with Crippen LogP contribution in [0.2, 0.25) is 0 Å². The number of aromatic carboxylic acids is 1. The highest BCUT2D eigenvalue weighted by Gasteiger charge is 2.04. The summed E-state index contributed by atoms with van der Waals surface area (Å²) in [5.74, 6) is -0.988. The molecule has 0 atom stereocenters. The summed E-state index contributed by atoms with van der Waals surface area (Å²) in [4.78, 5) is 22.3. The van der Waals surface area contributed by atoms with Crippen molar-refractivity contribution >= 4 is 5.97 Å². The lowest BCUT2D eigenvalue weighted by Gasteiger charge is -1.99. The van der Waals surface area contributed by atoms with Crippen LogP contribution >= 0.6 is 0 Å². The Kier molecular flexibility index (Phi) is 2.37. The molecule has 0 unspecified atom stereocenters. The van der Waals surface area contributed by atoms with Gasteiger partial charge in [0, 0.05) is 24.2 Å². The number of nitrogens with zero attached hydrogens (tertiary/aromatic N) is 3. The minimum Gasteiger partial charge on any atom is -0.478 e. The van der Waals surface area contributed by atoms with Crippen molar-refractivity contribution in [3.63, 3.8) is 0 Å². The maximum absolute atomic E-state index is 10.6. The zero-order valence-corrected chi connectivity index (χ0v) is 7.66. The first-order valence-corrected chi connectivity index (χ1v) is 4.22.